The third-order valence-electron chi connectivity index (χ3n) is 2.42. The number of aliphatic imine (C=N–C) groups is 1. The van der Waals surface area contributed by atoms with Crippen molar-refractivity contribution in [3.63, 3.8) is 0 Å². The van der Waals surface area contributed by atoms with Gasteiger partial charge in [0.25, 0.3) is 0 Å². The number of rotatable bonds is 5. The highest BCUT2D eigenvalue weighted by Gasteiger charge is 2.11. The highest BCUT2D eigenvalue weighted by atomic mass is 127. The fraction of sp³-hybridized carbons (Fsp3) is 0.889. The van der Waals surface area contributed by atoms with Crippen molar-refractivity contribution in [2.45, 2.75) is 6.92 Å². The number of nitrogens with zero attached hydrogens (tertiary/aromatic N) is 2. The summed E-state index contributed by atoms with van der Waals surface area (Å²) in [6.07, 6.45) is 0. The maximum atomic E-state index is 11.1. The number of nitrogens with one attached hydrogen (secondary N) is 1. The van der Waals surface area contributed by atoms with Crippen LogP contribution in [-0.2, 0) is 14.8 Å². The summed E-state index contributed by atoms with van der Waals surface area (Å²) >= 11 is 0. The van der Waals surface area contributed by atoms with Crippen LogP contribution in [0.15, 0.2) is 4.99 Å². The number of ether oxygens (including phenoxy) is 1. The predicted octanol–water partition coefficient (Wildman–Crippen LogP) is -0.809. The molecule has 9 heteroatoms. The monoisotopic (exact) mass is 392 g/mol. The molecule has 1 aliphatic heterocycles. The van der Waals surface area contributed by atoms with Gasteiger partial charge in [-0.3, -0.25) is 4.99 Å². The van der Waals surface area contributed by atoms with Gasteiger partial charge >= 0.3 is 0 Å². The van der Waals surface area contributed by atoms with Gasteiger partial charge in [-0.2, -0.15) is 0 Å². The van der Waals surface area contributed by atoms with E-state index in [4.69, 9.17) is 10.5 Å². The summed E-state index contributed by atoms with van der Waals surface area (Å²) in [5, 5.41) is 0. The SMILES string of the molecule is CCS(=O)(=O)NCCN=C(N)N1CCOCC1.I. The lowest BCUT2D eigenvalue weighted by Gasteiger charge is -2.27. The van der Waals surface area contributed by atoms with Crippen LogP contribution in [0, 0.1) is 0 Å². The molecule has 7 nitrogen and oxygen atoms in total. The third-order valence-corrected chi connectivity index (χ3v) is 3.83. The van der Waals surface area contributed by atoms with Crippen molar-refractivity contribution in [3.8, 4) is 0 Å². The van der Waals surface area contributed by atoms with Crippen molar-refractivity contribution in [2.24, 2.45) is 10.7 Å². The smallest absolute Gasteiger partial charge is 0.211 e. The van der Waals surface area contributed by atoms with Crippen LogP contribution >= 0.6 is 24.0 Å². The van der Waals surface area contributed by atoms with E-state index in [0.29, 0.717) is 25.7 Å². The Hall–Kier alpha value is -0.130. The zero-order valence-electron chi connectivity index (χ0n) is 10.5. The van der Waals surface area contributed by atoms with Crippen molar-refractivity contribution < 1.29 is 13.2 Å². The molecule has 18 heavy (non-hydrogen) atoms. The standard InChI is InChI=1S/C9H20N4O3S.HI/c1-2-17(14,15)12-4-3-11-9(10)13-5-7-16-8-6-13;/h12H,2-8H2,1H3,(H2,10,11);1H. The van der Waals surface area contributed by atoms with Crippen molar-refractivity contribution in [2.75, 3.05) is 45.1 Å². The zero-order chi connectivity index (χ0) is 12.7. The van der Waals surface area contributed by atoms with E-state index in [0.717, 1.165) is 13.1 Å². The average Bonchev–Trinajstić information content (AvgIpc) is 2.35. The van der Waals surface area contributed by atoms with Crippen molar-refractivity contribution in [1.29, 1.82) is 0 Å². The van der Waals surface area contributed by atoms with E-state index in [1.807, 2.05) is 4.90 Å². The summed E-state index contributed by atoms with van der Waals surface area (Å²) in [6, 6.07) is 0. The number of nitrogens with two attached hydrogens (primary N) is 1. The van der Waals surface area contributed by atoms with E-state index in [1.165, 1.54) is 0 Å². The Morgan fingerprint density at radius 3 is 2.61 bits per heavy atom. The molecule has 1 saturated heterocycles. The van der Waals surface area contributed by atoms with Crippen LogP contribution in [0.1, 0.15) is 6.92 Å². The second kappa shape index (κ2) is 8.88. The molecule has 1 aliphatic rings. The largest absolute Gasteiger partial charge is 0.378 e. The predicted molar refractivity (Wildman–Crippen MR) is 81.8 cm³/mol. The van der Waals surface area contributed by atoms with Crippen LogP contribution in [0.25, 0.3) is 0 Å². The van der Waals surface area contributed by atoms with Crippen molar-refractivity contribution in [3.05, 3.63) is 0 Å². The summed E-state index contributed by atoms with van der Waals surface area (Å²) in [4.78, 5) is 6.05. The summed E-state index contributed by atoms with van der Waals surface area (Å²) in [6.45, 7) is 4.99. The molecule has 0 aromatic carbocycles. The summed E-state index contributed by atoms with van der Waals surface area (Å²) in [7, 11) is -3.14. The first kappa shape index (κ1) is 17.9. The molecule has 1 fully saturated rings. The molecular formula is C9H21IN4O3S. The van der Waals surface area contributed by atoms with Gasteiger partial charge in [0.2, 0.25) is 10.0 Å². The molecule has 3 N–H and O–H groups in total. The van der Waals surface area contributed by atoms with E-state index in [2.05, 4.69) is 9.71 Å². The van der Waals surface area contributed by atoms with Gasteiger partial charge < -0.3 is 15.4 Å². The van der Waals surface area contributed by atoms with E-state index >= 15 is 0 Å². The molecular weight excluding hydrogens is 371 g/mol. The van der Waals surface area contributed by atoms with Crippen LogP contribution in [0.4, 0.5) is 0 Å². The topological polar surface area (TPSA) is 97.0 Å². The third kappa shape index (κ3) is 6.71. The van der Waals surface area contributed by atoms with Gasteiger partial charge in [-0.15, -0.1) is 24.0 Å². The Morgan fingerprint density at radius 1 is 1.44 bits per heavy atom. The lowest BCUT2D eigenvalue weighted by molar-refractivity contribution is 0.0674. The number of sulfonamides is 1. The second-order valence-corrected chi connectivity index (χ2v) is 5.73. The Morgan fingerprint density at radius 2 is 2.06 bits per heavy atom. The Bertz CT molecular complexity index is 355. The maximum Gasteiger partial charge on any atom is 0.211 e. The highest BCUT2D eigenvalue weighted by molar-refractivity contribution is 14.0. The molecule has 0 spiro atoms. The van der Waals surface area contributed by atoms with E-state index in [-0.39, 0.29) is 36.3 Å². The summed E-state index contributed by atoms with van der Waals surface area (Å²) < 4.78 is 29.9. The van der Waals surface area contributed by atoms with Gasteiger partial charge in [0.15, 0.2) is 5.96 Å². The van der Waals surface area contributed by atoms with Crippen molar-refractivity contribution >= 4 is 40.0 Å². The molecule has 108 valence electrons. The lowest BCUT2D eigenvalue weighted by atomic mass is 10.4. The molecule has 0 aromatic heterocycles. The van der Waals surface area contributed by atoms with Gasteiger partial charge in [-0.1, -0.05) is 0 Å². The van der Waals surface area contributed by atoms with E-state index in [9.17, 15) is 8.42 Å². The number of halogens is 1. The number of guanidine groups is 1. The van der Waals surface area contributed by atoms with Gasteiger partial charge in [0.1, 0.15) is 0 Å². The molecule has 0 aromatic rings. The van der Waals surface area contributed by atoms with Gasteiger partial charge in [-0.25, -0.2) is 13.1 Å². The molecule has 0 amide bonds. The first-order valence-electron chi connectivity index (χ1n) is 5.65. The minimum atomic E-state index is -3.14. The minimum Gasteiger partial charge on any atom is -0.378 e. The maximum absolute atomic E-state index is 11.1. The minimum absolute atomic E-state index is 0. The normalized spacial score (nSPS) is 17.4. The van der Waals surface area contributed by atoms with Crippen LogP contribution in [0.3, 0.4) is 0 Å². The van der Waals surface area contributed by atoms with Crippen LogP contribution < -0.4 is 10.5 Å². The second-order valence-electron chi connectivity index (χ2n) is 3.64. The Labute approximate surface area is 125 Å². The van der Waals surface area contributed by atoms with Crippen LogP contribution in [0.5, 0.6) is 0 Å². The highest BCUT2D eigenvalue weighted by Crippen LogP contribution is 1.95. The van der Waals surface area contributed by atoms with Crippen LogP contribution in [-0.4, -0.2) is 64.4 Å². The first-order chi connectivity index (χ1) is 8.05. The number of hydrogen-bond donors (Lipinski definition) is 2. The fourth-order valence-electron chi connectivity index (χ4n) is 1.37. The zero-order valence-corrected chi connectivity index (χ0v) is 13.6. The molecule has 0 bridgehead atoms. The van der Waals surface area contributed by atoms with Gasteiger partial charge in [0, 0.05) is 19.6 Å². The van der Waals surface area contributed by atoms with Gasteiger partial charge in [-0.05, 0) is 6.92 Å². The molecule has 0 saturated carbocycles. The quantitative estimate of drug-likeness (QED) is 0.276. The number of hydrogen-bond acceptors (Lipinski definition) is 4. The lowest BCUT2D eigenvalue weighted by Crippen LogP contribution is -2.45. The Balaban J connectivity index is 0.00000289. The van der Waals surface area contributed by atoms with Crippen molar-refractivity contribution in [1.82, 2.24) is 9.62 Å². The Kier molecular flexibility index (Phi) is 8.82. The molecule has 0 atom stereocenters. The van der Waals surface area contributed by atoms with Gasteiger partial charge in [0.05, 0.1) is 25.5 Å². The summed E-state index contributed by atoms with van der Waals surface area (Å²) in [5.74, 6) is 0.527. The summed E-state index contributed by atoms with van der Waals surface area (Å²) in [5.41, 5.74) is 5.77. The van der Waals surface area contributed by atoms with Crippen LogP contribution in [0.2, 0.25) is 0 Å². The fourth-order valence-corrected chi connectivity index (χ4v) is 1.97. The van der Waals surface area contributed by atoms with E-state index < -0.39 is 10.0 Å². The molecule has 0 unspecified atom stereocenters. The molecule has 1 heterocycles. The van der Waals surface area contributed by atoms with E-state index in [1.54, 1.807) is 6.92 Å². The average molecular weight is 392 g/mol. The number of morpholine rings is 1. The molecule has 0 radical (unpaired) electrons. The first-order valence-corrected chi connectivity index (χ1v) is 7.30. The molecule has 1 rings (SSSR count). The molecule has 0 aliphatic carbocycles.